The van der Waals surface area contributed by atoms with Crippen LogP contribution in [-0.4, -0.2) is 45.7 Å². The van der Waals surface area contributed by atoms with E-state index < -0.39 is 0 Å². The Balaban J connectivity index is 1.30. The summed E-state index contributed by atoms with van der Waals surface area (Å²) in [6, 6.07) is 0. The van der Waals surface area contributed by atoms with Crippen molar-refractivity contribution in [2.45, 2.75) is 38.2 Å². The molecule has 2 fully saturated rings. The van der Waals surface area contributed by atoms with Gasteiger partial charge in [-0.1, -0.05) is 0 Å². The van der Waals surface area contributed by atoms with Crippen molar-refractivity contribution in [1.82, 2.24) is 19.9 Å². The summed E-state index contributed by atoms with van der Waals surface area (Å²) in [5.41, 5.74) is 1.37. The van der Waals surface area contributed by atoms with Gasteiger partial charge in [0, 0.05) is 50.5 Å². The van der Waals surface area contributed by atoms with E-state index in [0.29, 0.717) is 5.41 Å². The van der Waals surface area contributed by atoms with Gasteiger partial charge in [0.05, 0.1) is 24.6 Å². The molecular weight excluding hydrogens is 302 g/mol. The van der Waals surface area contributed by atoms with Crippen molar-refractivity contribution >= 4 is 5.82 Å². The van der Waals surface area contributed by atoms with Crippen molar-refractivity contribution in [2.75, 3.05) is 24.6 Å². The Morgan fingerprint density at radius 2 is 1.79 bits per heavy atom. The molecule has 0 radical (unpaired) electrons. The average Bonchev–Trinajstić information content (AvgIpc) is 2.66. The van der Waals surface area contributed by atoms with Crippen LogP contribution in [0, 0.1) is 5.41 Å². The molecule has 0 aromatic carbocycles. The van der Waals surface area contributed by atoms with Crippen molar-refractivity contribution in [3.63, 3.8) is 0 Å². The summed E-state index contributed by atoms with van der Waals surface area (Å²) in [6.45, 7) is 2.94. The van der Waals surface area contributed by atoms with Crippen LogP contribution in [0.5, 0.6) is 0 Å². The van der Waals surface area contributed by atoms with E-state index in [2.05, 4.69) is 24.8 Å². The molecule has 0 unspecified atom stereocenters. The van der Waals surface area contributed by atoms with Gasteiger partial charge in [-0.25, -0.2) is 4.98 Å². The maximum atomic E-state index is 6.20. The summed E-state index contributed by atoms with van der Waals surface area (Å²) in [6.07, 6.45) is 16.5. The zero-order valence-electron chi connectivity index (χ0n) is 13.8. The molecule has 1 spiro atoms. The second kappa shape index (κ2) is 6.81. The predicted octanol–water partition coefficient (Wildman–Crippen LogP) is 2.27. The maximum absolute atomic E-state index is 6.20. The van der Waals surface area contributed by atoms with E-state index in [1.807, 2.05) is 12.4 Å². The van der Waals surface area contributed by atoms with E-state index in [1.165, 1.54) is 19.3 Å². The van der Waals surface area contributed by atoms with Gasteiger partial charge < -0.3 is 9.64 Å². The molecule has 0 amide bonds. The lowest BCUT2D eigenvalue weighted by molar-refractivity contribution is -0.0717. The molecule has 4 heterocycles. The van der Waals surface area contributed by atoms with Gasteiger partial charge in [-0.15, -0.1) is 0 Å². The molecule has 6 nitrogen and oxygen atoms in total. The lowest BCUT2D eigenvalue weighted by atomic mass is 9.73. The van der Waals surface area contributed by atoms with Crippen molar-refractivity contribution in [3.05, 3.63) is 42.9 Å². The van der Waals surface area contributed by atoms with Crippen LogP contribution < -0.4 is 4.90 Å². The standard InChI is InChI=1S/C18H23N5O/c1-2-18(14-24-16(1)11-15-12-19-5-7-21-15)3-9-23(10-4-18)17-13-20-6-8-22-17/h5-8,12-13,16H,1-4,9-11,14H2/t16-/m1/s1. The number of nitrogens with zero attached hydrogens (tertiary/aromatic N) is 5. The SMILES string of the molecule is c1cnc(C[C@H]2CCC3(CCN(c4cnccn4)CC3)CO2)cn1. The van der Waals surface area contributed by atoms with Crippen LogP contribution in [0.1, 0.15) is 31.4 Å². The minimum atomic E-state index is 0.283. The number of hydrogen-bond donors (Lipinski definition) is 0. The molecule has 0 saturated carbocycles. The molecule has 2 aliphatic rings. The molecule has 24 heavy (non-hydrogen) atoms. The molecule has 0 bridgehead atoms. The Labute approximate surface area is 142 Å². The van der Waals surface area contributed by atoms with Crippen LogP contribution >= 0.6 is 0 Å². The monoisotopic (exact) mass is 325 g/mol. The Bertz CT molecular complexity index is 633. The Kier molecular flexibility index (Phi) is 4.38. The van der Waals surface area contributed by atoms with E-state index in [1.54, 1.807) is 24.8 Å². The minimum absolute atomic E-state index is 0.283. The second-order valence-electron chi connectivity index (χ2n) is 6.92. The maximum Gasteiger partial charge on any atom is 0.147 e. The van der Waals surface area contributed by atoms with Crippen molar-refractivity contribution in [3.8, 4) is 0 Å². The minimum Gasteiger partial charge on any atom is -0.377 e. The van der Waals surface area contributed by atoms with Gasteiger partial charge in [0.25, 0.3) is 0 Å². The van der Waals surface area contributed by atoms with Crippen molar-refractivity contribution < 1.29 is 4.74 Å². The average molecular weight is 325 g/mol. The van der Waals surface area contributed by atoms with Gasteiger partial charge in [0.15, 0.2) is 0 Å². The third-order valence-corrected chi connectivity index (χ3v) is 5.37. The molecule has 4 rings (SSSR count). The third-order valence-electron chi connectivity index (χ3n) is 5.37. The van der Waals surface area contributed by atoms with E-state index in [9.17, 15) is 0 Å². The fourth-order valence-electron chi connectivity index (χ4n) is 3.81. The van der Waals surface area contributed by atoms with Crippen LogP contribution in [0.25, 0.3) is 0 Å². The smallest absolute Gasteiger partial charge is 0.147 e. The van der Waals surface area contributed by atoms with Crippen LogP contribution in [0.2, 0.25) is 0 Å². The summed E-state index contributed by atoms with van der Waals surface area (Å²) in [5, 5.41) is 0. The summed E-state index contributed by atoms with van der Waals surface area (Å²) < 4.78 is 6.20. The molecule has 2 saturated heterocycles. The quantitative estimate of drug-likeness (QED) is 0.862. The van der Waals surface area contributed by atoms with Gasteiger partial charge in [-0.05, 0) is 31.1 Å². The van der Waals surface area contributed by atoms with Crippen molar-refractivity contribution in [1.29, 1.82) is 0 Å². The van der Waals surface area contributed by atoms with Gasteiger partial charge in [-0.2, -0.15) is 0 Å². The Hall–Kier alpha value is -2.08. The lowest BCUT2D eigenvalue weighted by Crippen LogP contribution is -2.46. The first kappa shape index (κ1) is 15.4. The fraction of sp³-hybridized carbons (Fsp3) is 0.556. The number of rotatable bonds is 3. The fourth-order valence-corrected chi connectivity index (χ4v) is 3.81. The van der Waals surface area contributed by atoms with Crippen LogP contribution in [0.3, 0.4) is 0 Å². The van der Waals surface area contributed by atoms with E-state index in [0.717, 1.165) is 44.0 Å². The summed E-state index contributed by atoms with van der Waals surface area (Å²) in [7, 11) is 0. The topological polar surface area (TPSA) is 64.0 Å². The first-order chi connectivity index (χ1) is 11.8. The molecule has 2 aromatic heterocycles. The number of ether oxygens (including phenoxy) is 1. The number of hydrogen-bond acceptors (Lipinski definition) is 6. The van der Waals surface area contributed by atoms with Crippen LogP contribution in [-0.2, 0) is 11.2 Å². The second-order valence-corrected chi connectivity index (χ2v) is 6.92. The first-order valence-electron chi connectivity index (χ1n) is 8.71. The predicted molar refractivity (Wildman–Crippen MR) is 90.6 cm³/mol. The molecule has 6 heteroatoms. The number of aromatic nitrogens is 4. The van der Waals surface area contributed by atoms with E-state index >= 15 is 0 Å². The van der Waals surface area contributed by atoms with Gasteiger partial charge >= 0.3 is 0 Å². The molecule has 1 atom stereocenters. The molecular formula is C18H23N5O. The van der Waals surface area contributed by atoms with Gasteiger partial charge in [-0.3, -0.25) is 15.0 Å². The zero-order valence-corrected chi connectivity index (χ0v) is 13.8. The van der Waals surface area contributed by atoms with E-state index in [4.69, 9.17) is 4.74 Å². The molecule has 2 aliphatic heterocycles. The van der Waals surface area contributed by atoms with Crippen LogP contribution in [0.4, 0.5) is 5.82 Å². The van der Waals surface area contributed by atoms with E-state index in [-0.39, 0.29) is 6.10 Å². The van der Waals surface area contributed by atoms with Gasteiger partial charge in [0.1, 0.15) is 5.82 Å². The highest BCUT2D eigenvalue weighted by molar-refractivity contribution is 5.35. The largest absolute Gasteiger partial charge is 0.377 e. The molecule has 126 valence electrons. The Morgan fingerprint density at radius 3 is 2.42 bits per heavy atom. The summed E-state index contributed by atoms with van der Waals surface area (Å²) >= 11 is 0. The van der Waals surface area contributed by atoms with Crippen molar-refractivity contribution in [2.24, 2.45) is 5.41 Å². The number of piperidine rings is 1. The first-order valence-corrected chi connectivity index (χ1v) is 8.71. The third kappa shape index (κ3) is 3.38. The summed E-state index contributed by atoms with van der Waals surface area (Å²) in [4.78, 5) is 19.4. The lowest BCUT2D eigenvalue weighted by Gasteiger charge is -2.45. The summed E-state index contributed by atoms with van der Waals surface area (Å²) in [5.74, 6) is 0.990. The molecule has 0 N–H and O–H groups in total. The highest BCUT2D eigenvalue weighted by atomic mass is 16.5. The zero-order chi connectivity index (χ0) is 16.2. The highest BCUT2D eigenvalue weighted by Gasteiger charge is 2.39. The normalized spacial score (nSPS) is 23.3. The number of anilines is 1. The highest BCUT2D eigenvalue weighted by Crippen LogP contribution is 2.41. The van der Waals surface area contributed by atoms with Gasteiger partial charge in [0.2, 0.25) is 0 Å². The molecule has 0 aliphatic carbocycles. The molecule has 2 aromatic rings. The van der Waals surface area contributed by atoms with Crippen LogP contribution in [0.15, 0.2) is 37.2 Å². The Morgan fingerprint density at radius 1 is 1.00 bits per heavy atom.